The Morgan fingerprint density at radius 1 is 0.489 bits per heavy atom. The molecule has 1 amide bonds. The predicted octanol–water partition coefficient (Wildman–Crippen LogP) is 4.93. The number of hydrogen-bond donors (Lipinski definition) is 6. The van der Waals surface area contributed by atoms with Gasteiger partial charge in [-0.05, 0) is 59.3 Å². The van der Waals surface area contributed by atoms with Crippen LogP contribution in [0.1, 0.15) is 136 Å². The molecule has 1 fully saturated rings. The van der Waals surface area contributed by atoms with Crippen molar-refractivity contribution in [1.82, 2.24) is 5.32 Å². The van der Waals surface area contributed by atoms with Crippen LogP contribution in [-0.4, -0.2) is 192 Å². The van der Waals surface area contributed by atoms with E-state index < -0.39 is 171 Å². The Balaban J connectivity index is 2.93. The van der Waals surface area contributed by atoms with Crippen LogP contribution in [0.5, 0.6) is 0 Å². The third kappa shape index (κ3) is 41.0. The molecule has 0 radical (unpaired) electrons. The van der Waals surface area contributed by atoms with Crippen LogP contribution in [0.15, 0.2) is 41.4 Å². The Morgan fingerprint density at radius 2 is 0.844 bits per heavy atom. The second kappa shape index (κ2) is 43.3. The first-order valence-electron chi connectivity index (χ1n) is 29.0. The zero-order valence-electron chi connectivity index (χ0n) is 51.3. The lowest BCUT2D eigenvalue weighted by Gasteiger charge is -2.28. The number of hydrogen-bond acceptors (Lipinski definition) is 25. The predicted molar refractivity (Wildman–Crippen MR) is 316 cm³/mol. The second-order valence-corrected chi connectivity index (χ2v) is 27.1. The van der Waals surface area contributed by atoms with Gasteiger partial charge >= 0.3 is 75.0 Å². The minimum atomic E-state index is -4.74. The fraction of sp³-hybridized carbons (Fsp3) is 0.679. The van der Waals surface area contributed by atoms with Crippen LogP contribution in [0.2, 0.25) is 0 Å². The quantitative estimate of drug-likeness (QED) is 0.0117. The first-order chi connectivity index (χ1) is 42.0. The normalized spacial score (nSPS) is 16.1. The average molecular weight is 1350 g/mol. The minimum absolute atomic E-state index is 0.0113. The molecule has 1 heterocycles. The van der Waals surface area contributed by atoms with Crippen molar-refractivity contribution in [3.63, 3.8) is 0 Å². The molecule has 90 heavy (non-hydrogen) atoms. The summed E-state index contributed by atoms with van der Waals surface area (Å²) in [5, 5.41) is 2.53. The van der Waals surface area contributed by atoms with Gasteiger partial charge in [0.1, 0.15) is 64.0 Å². The topological polar surface area (TPSA) is 457 Å². The third-order valence-electron chi connectivity index (χ3n) is 12.3. The van der Waals surface area contributed by atoms with Gasteiger partial charge in [-0.15, -0.1) is 0 Å². The summed E-state index contributed by atoms with van der Waals surface area (Å²) in [5.74, 6) is -10.5. The fourth-order valence-corrected chi connectivity index (χ4v) is 9.26. The molecule has 1 aliphatic heterocycles. The van der Waals surface area contributed by atoms with Gasteiger partial charge < -0.3 is 77.2 Å². The summed E-state index contributed by atoms with van der Waals surface area (Å²) in [5.41, 5.74) is 0.139. The molecule has 0 aromatic rings. The molecule has 6 N–H and O–H groups in total. The largest absolute Gasteiger partial charge is 0.461 e. The molecular weight excluding hydrogens is 1260 g/mol. The molecule has 31 nitrogen and oxygen atoms in total. The number of alkyl carbamates (subject to hydrolysis) is 1. The fourth-order valence-electron chi connectivity index (χ4n) is 7.84. The molecular formula is C56H87N2O29P3. The number of nitrogens with one attached hydrogen (secondary N) is 1. The van der Waals surface area contributed by atoms with Gasteiger partial charge in [-0.3, -0.25) is 52.2 Å². The number of amides is 1. The van der Waals surface area contributed by atoms with Crippen LogP contribution in [0.25, 0.3) is 0 Å². The number of cyclic esters (lactones) is 1. The van der Waals surface area contributed by atoms with Gasteiger partial charge in [-0.1, -0.05) is 83.9 Å². The first kappa shape index (κ1) is 81.6. The summed E-state index contributed by atoms with van der Waals surface area (Å²) in [6.07, 6.45) is -0.439. The highest BCUT2D eigenvalue weighted by Crippen LogP contribution is 2.36. The molecule has 0 aromatic carbocycles. The molecule has 0 bridgehead atoms. The van der Waals surface area contributed by atoms with E-state index in [-0.39, 0.29) is 67.2 Å². The molecule has 6 atom stereocenters. The van der Waals surface area contributed by atoms with Crippen molar-refractivity contribution in [2.45, 2.75) is 155 Å². The minimum Gasteiger partial charge on any atom is -0.461 e. The number of aliphatic imine (C=N–C) groups is 1. The number of unbranched alkanes of at least 4 members (excludes halogenated alkanes) is 11. The number of ketones is 1. The Hall–Kier alpha value is -6.45. The average Bonchev–Trinajstić information content (AvgIpc) is 1.25. The third-order valence-corrected chi connectivity index (χ3v) is 14.5. The summed E-state index contributed by atoms with van der Waals surface area (Å²) in [6, 6.07) is 0. The molecule has 1 saturated heterocycles. The van der Waals surface area contributed by atoms with E-state index in [1.54, 1.807) is 0 Å². The van der Waals surface area contributed by atoms with Gasteiger partial charge in [0.05, 0.1) is 5.92 Å². The van der Waals surface area contributed by atoms with E-state index in [9.17, 15) is 71.3 Å². The van der Waals surface area contributed by atoms with E-state index >= 15 is 0 Å². The van der Waals surface area contributed by atoms with E-state index in [4.69, 9.17) is 66.9 Å². The summed E-state index contributed by atoms with van der Waals surface area (Å²) >= 11 is 0. The molecule has 0 saturated carbocycles. The van der Waals surface area contributed by atoms with E-state index in [0.717, 1.165) is 6.66 Å². The van der Waals surface area contributed by atoms with Crippen LogP contribution in [0.4, 0.5) is 4.79 Å². The van der Waals surface area contributed by atoms with Crippen molar-refractivity contribution in [1.29, 1.82) is 0 Å². The van der Waals surface area contributed by atoms with Gasteiger partial charge in [0.15, 0.2) is 24.1 Å². The standard InChI is InChI=1S/C56H87N2O29P3/c1-37(2)52(65)81-31-40(28-79-48(62)35-89(72,73)74)84-45(59)24-18-11-8-10-16-22-43-50(64)44(23-17-13-15-21-27-58-56(69)86-42(33-83-54(67)39(5)6)30-78-47(61)34-88(7,70)71)55(68)87-51(43)57-26-20-14-9-12-19-25-46(60)85-41(32-82-53(66)38(3)4)29-80-49(63)36-90(75,76)77/h40-44H,1,3,5,8-36H2,2,4,6-7H3,(H,58,69)(H,70,71)(H2,72,73,74)(H2,75,76,77). The number of carbonyl (C=O) groups excluding carboxylic acids is 11. The van der Waals surface area contributed by atoms with Gasteiger partial charge in [-0.2, -0.15) is 0 Å². The van der Waals surface area contributed by atoms with Crippen molar-refractivity contribution < 1.29 is 138 Å². The maximum absolute atomic E-state index is 14.1. The zero-order chi connectivity index (χ0) is 68.0. The monoisotopic (exact) mass is 1340 g/mol. The zero-order valence-corrected chi connectivity index (χ0v) is 54.0. The highest BCUT2D eigenvalue weighted by atomic mass is 31.2. The number of nitrogens with zero attached hydrogens (tertiary/aromatic N) is 1. The SMILES string of the molecule is C=C(C)C(=O)OCC(COC(=O)CP(=O)(O)O)OC(=O)CCCCCCCN=C1OC(=O)C(CCCCCCNC(=O)OC(COC(=O)CP(C)(=O)O)COC(=O)C(=C)C)C(=O)C1CCCCCCCC(=O)OC(COC(=O)CP(=O)(O)O)COC(=O)C(=C)C. The molecule has 34 heteroatoms. The van der Waals surface area contributed by atoms with Crippen molar-refractivity contribution in [3.8, 4) is 0 Å². The maximum atomic E-state index is 14.1. The highest BCUT2D eigenvalue weighted by Gasteiger charge is 2.42. The van der Waals surface area contributed by atoms with Crippen LogP contribution in [0.3, 0.4) is 0 Å². The lowest BCUT2D eigenvalue weighted by molar-refractivity contribution is -0.165. The Morgan fingerprint density at radius 3 is 1.26 bits per heavy atom. The van der Waals surface area contributed by atoms with Gasteiger partial charge in [0, 0.05) is 49.3 Å². The first-order valence-corrected chi connectivity index (χ1v) is 34.9. The maximum Gasteiger partial charge on any atom is 0.407 e. The summed E-state index contributed by atoms with van der Waals surface area (Å²) in [4.78, 5) is 187. The van der Waals surface area contributed by atoms with Crippen molar-refractivity contribution in [3.05, 3.63) is 36.5 Å². The molecule has 0 spiro atoms. The summed E-state index contributed by atoms with van der Waals surface area (Å²) in [7, 11) is -13.2. The summed E-state index contributed by atoms with van der Waals surface area (Å²) in [6.45, 7) is 12.4. The Bertz CT molecular complexity index is 2660. The number of rotatable bonds is 47. The van der Waals surface area contributed by atoms with Crippen LogP contribution >= 0.6 is 22.6 Å². The lowest BCUT2D eigenvalue weighted by Crippen LogP contribution is -2.43. The molecule has 0 aliphatic carbocycles. The molecule has 0 aromatic heterocycles. The van der Waals surface area contributed by atoms with Gasteiger partial charge in [0.25, 0.3) is 0 Å². The molecule has 1 rings (SSSR count). The number of esters is 9. The van der Waals surface area contributed by atoms with Crippen LogP contribution < -0.4 is 5.32 Å². The highest BCUT2D eigenvalue weighted by molar-refractivity contribution is 7.58. The van der Waals surface area contributed by atoms with E-state index in [1.807, 2.05) is 0 Å². The van der Waals surface area contributed by atoms with Crippen molar-refractivity contribution >= 4 is 94.1 Å². The summed E-state index contributed by atoms with van der Waals surface area (Å²) < 4.78 is 85.1. The van der Waals surface area contributed by atoms with Gasteiger partial charge in [-0.25, -0.2) is 19.2 Å². The number of carbonyl (C=O) groups is 11. The van der Waals surface area contributed by atoms with Crippen LogP contribution in [-0.2, 0) is 109 Å². The van der Waals surface area contributed by atoms with Crippen molar-refractivity contribution in [2.75, 3.05) is 77.9 Å². The van der Waals surface area contributed by atoms with E-state index in [2.05, 4.69) is 30.0 Å². The smallest absolute Gasteiger partial charge is 0.407 e. The van der Waals surface area contributed by atoms with Crippen molar-refractivity contribution in [2.24, 2.45) is 16.8 Å². The molecule has 1 aliphatic rings. The van der Waals surface area contributed by atoms with Gasteiger partial charge in [0.2, 0.25) is 13.3 Å². The lowest BCUT2D eigenvalue weighted by atomic mass is 9.83. The second-order valence-electron chi connectivity index (χ2n) is 21.4. The number of ether oxygens (including phenoxy) is 10. The Labute approximate surface area is 521 Å². The number of Topliss-reactive ketones (excluding diaryl/α,β-unsaturated/α-hetero) is 1. The van der Waals surface area contributed by atoms with E-state index in [0.29, 0.717) is 89.9 Å². The Kier molecular flexibility index (Phi) is 39.3. The molecule has 510 valence electrons. The van der Waals surface area contributed by atoms with Crippen LogP contribution in [0, 0.1) is 11.8 Å². The van der Waals surface area contributed by atoms with E-state index in [1.165, 1.54) is 20.8 Å². The molecule has 6 unspecified atom stereocenters.